The van der Waals surface area contributed by atoms with Crippen molar-refractivity contribution in [2.45, 2.75) is 45.3 Å². The average Bonchev–Trinajstić information content (AvgIpc) is 2.82. The van der Waals surface area contributed by atoms with Gasteiger partial charge in [-0.2, -0.15) is 0 Å². The van der Waals surface area contributed by atoms with Gasteiger partial charge in [-0.05, 0) is 45.8 Å². The number of hydrogen-bond donors (Lipinski definition) is 0. The van der Waals surface area contributed by atoms with Crippen LogP contribution >= 0.6 is 0 Å². The Kier molecular flexibility index (Phi) is 6.37. The largest absolute Gasteiger partial charge is 0.525 e. The average molecular weight is 366 g/mol. The fraction of sp³-hybridized carbons (Fsp3) is 0.579. The van der Waals surface area contributed by atoms with Gasteiger partial charge < -0.3 is 23.5 Å². The smallest absolute Gasteiger partial charge is 0.493 e. The molecular weight excluding hydrogens is 338 g/mol. The molecule has 26 heavy (non-hydrogen) atoms. The Morgan fingerprint density at radius 2 is 1.65 bits per heavy atom. The van der Waals surface area contributed by atoms with Crippen LogP contribution in [-0.2, 0) is 14.0 Å². The molecule has 0 N–H and O–H groups in total. The molecule has 0 atom stereocenters. The highest BCUT2D eigenvalue weighted by Gasteiger charge is 2.53. The standard InChI is InChI=1S/C19H28BFO5/c1-18(2)19(3,4)26-20(25-18)17(21)14(11-12-22-5)13-9-8-10-15(23-6)16(13)24-7/h8-10H,11-12H2,1-7H3. The Hall–Kier alpha value is -1.57. The normalized spacial score (nSPS) is 19.3. The summed E-state index contributed by atoms with van der Waals surface area (Å²) in [5.41, 5.74) is -0.718. The van der Waals surface area contributed by atoms with Gasteiger partial charge in [-0.15, -0.1) is 0 Å². The lowest BCUT2D eigenvalue weighted by Crippen LogP contribution is -2.41. The summed E-state index contributed by atoms with van der Waals surface area (Å²) < 4.78 is 43.2. The van der Waals surface area contributed by atoms with Crippen molar-refractivity contribution in [1.29, 1.82) is 0 Å². The van der Waals surface area contributed by atoms with Crippen molar-refractivity contribution in [2.75, 3.05) is 27.9 Å². The van der Waals surface area contributed by atoms with Crippen LogP contribution in [0, 0.1) is 0 Å². The van der Waals surface area contributed by atoms with E-state index in [0.717, 1.165) is 0 Å². The van der Waals surface area contributed by atoms with Gasteiger partial charge in [-0.3, -0.25) is 0 Å². The molecule has 0 amide bonds. The fourth-order valence-electron chi connectivity index (χ4n) is 2.80. The molecule has 0 aliphatic carbocycles. The van der Waals surface area contributed by atoms with Gasteiger partial charge in [-0.1, -0.05) is 12.1 Å². The van der Waals surface area contributed by atoms with Crippen molar-refractivity contribution in [3.63, 3.8) is 0 Å². The van der Waals surface area contributed by atoms with E-state index in [4.69, 9.17) is 23.5 Å². The zero-order chi connectivity index (χ0) is 19.5. The van der Waals surface area contributed by atoms with Gasteiger partial charge in [0.2, 0.25) is 0 Å². The summed E-state index contributed by atoms with van der Waals surface area (Å²) in [5.74, 6) is 0.995. The van der Waals surface area contributed by atoms with Gasteiger partial charge in [0.25, 0.3) is 0 Å². The zero-order valence-electron chi connectivity index (χ0n) is 16.6. The number of benzene rings is 1. The third-order valence-corrected chi connectivity index (χ3v) is 5.03. The molecule has 7 heteroatoms. The SMILES string of the molecule is COCCC(=C(F)B1OC(C)(C)C(C)(C)O1)c1cccc(OC)c1OC. The van der Waals surface area contributed by atoms with Gasteiger partial charge >= 0.3 is 7.12 Å². The summed E-state index contributed by atoms with van der Waals surface area (Å²) in [6.07, 6.45) is 0.343. The molecule has 0 aromatic heterocycles. The van der Waals surface area contributed by atoms with Crippen LogP contribution in [0.2, 0.25) is 0 Å². The van der Waals surface area contributed by atoms with Crippen molar-refractivity contribution in [3.8, 4) is 11.5 Å². The molecule has 2 rings (SSSR count). The Labute approximate surface area is 155 Å². The van der Waals surface area contributed by atoms with Gasteiger partial charge in [0.1, 0.15) is 5.73 Å². The number of halogens is 1. The topological polar surface area (TPSA) is 46.2 Å². The minimum atomic E-state index is -1.08. The summed E-state index contributed by atoms with van der Waals surface area (Å²) >= 11 is 0. The molecule has 0 unspecified atom stereocenters. The predicted molar refractivity (Wildman–Crippen MR) is 100 cm³/mol. The number of rotatable bonds is 7. The van der Waals surface area contributed by atoms with E-state index in [9.17, 15) is 0 Å². The number of methoxy groups -OCH3 is 3. The van der Waals surface area contributed by atoms with Gasteiger partial charge in [-0.25, -0.2) is 4.39 Å². The number of para-hydroxylation sites is 1. The summed E-state index contributed by atoms with van der Waals surface area (Å²) in [4.78, 5) is 0. The predicted octanol–water partition coefficient (Wildman–Crippen LogP) is 4.05. The minimum absolute atomic E-state index is 0.343. The van der Waals surface area contributed by atoms with Crippen LogP contribution in [0.25, 0.3) is 5.57 Å². The van der Waals surface area contributed by atoms with Crippen LogP contribution in [-0.4, -0.2) is 46.3 Å². The molecule has 1 saturated heterocycles. The van der Waals surface area contributed by atoms with E-state index < -0.39 is 24.0 Å². The molecule has 144 valence electrons. The highest BCUT2D eigenvalue weighted by Crippen LogP contribution is 2.43. The second kappa shape index (κ2) is 7.98. The Morgan fingerprint density at radius 1 is 1.04 bits per heavy atom. The molecule has 1 aliphatic rings. The molecule has 0 spiro atoms. The summed E-state index contributed by atoms with van der Waals surface area (Å²) in [6.45, 7) is 7.91. The Balaban J connectivity index is 2.53. The molecule has 1 aliphatic heterocycles. The van der Waals surface area contributed by atoms with Crippen LogP contribution in [0.5, 0.6) is 11.5 Å². The highest BCUT2D eigenvalue weighted by molar-refractivity contribution is 6.55. The minimum Gasteiger partial charge on any atom is -0.493 e. The third kappa shape index (κ3) is 3.90. The molecule has 1 aromatic rings. The first-order valence-electron chi connectivity index (χ1n) is 8.63. The van der Waals surface area contributed by atoms with E-state index >= 15 is 4.39 Å². The lowest BCUT2D eigenvalue weighted by Gasteiger charge is -2.32. The summed E-state index contributed by atoms with van der Waals surface area (Å²) in [7, 11) is 3.57. The van der Waals surface area contributed by atoms with Crippen LogP contribution < -0.4 is 9.47 Å². The third-order valence-electron chi connectivity index (χ3n) is 5.03. The van der Waals surface area contributed by atoms with Crippen LogP contribution in [0.15, 0.2) is 23.9 Å². The number of ether oxygens (including phenoxy) is 3. The maximum Gasteiger partial charge on any atom is 0.525 e. The van der Waals surface area contributed by atoms with Gasteiger partial charge in [0, 0.05) is 12.7 Å². The van der Waals surface area contributed by atoms with Crippen LogP contribution in [0.3, 0.4) is 0 Å². The van der Waals surface area contributed by atoms with Crippen LogP contribution in [0.4, 0.5) is 4.39 Å². The molecule has 0 radical (unpaired) electrons. The first-order valence-corrected chi connectivity index (χ1v) is 8.63. The van der Waals surface area contributed by atoms with E-state index in [0.29, 0.717) is 35.7 Å². The molecule has 5 nitrogen and oxygen atoms in total. The monoisotopic (exact) mass is 366 g/mol. The first kappa shape index (κ1) is 20.7. The van der Waals surface area contributed by atoms with E-state index in [1.54, 1.807) is 32.4 Å². The fourth-order valence-corrected chi connectivity index (χ4v) is 2.80. The van der Waals surface area contributed by atoms with Crippen molar-refractivity contribution < 1.29 is 27.9 Å². The Bertz CT molecular complexity index is 656. The number of hydrogen-bond acceptors (Lipinski definition) is 5. The van der Waals surface area contributed by atoms with Gasteiger partial charge in [0.05, 0.1) is 32.0 Å². The first-order chi connectivity index (χ1) is 12.2. The van der Waals surface area contributed by atoms with E-state index in [1.165, 1.54) is 7.11 Å². The van der Waals surface area contributed by atoms with Crippen molar-refractivity contribution in [3.05, 3.63) is 29.5 Å². The lowest BCUT2D eigenvalue weighted by atomic mass is 9.81. The molecule has 1 aromatic carbocycles. The van der Waals surface area contributed by atoms with E-state index in [-0.39, 0.29) is 0 Å². The molecule has 1 fully saturated rings. The zero-order valence-corrected chi connectivity index (χ0v) is 16.6. The van der Waals surface area contributed by atoms with Gasteiger partial charge in [0.15, 0.2) is 11.5 Å². The summed E-state index contributed by atoms with van der Waals surface area (Å²) in [6, 6.07) is 5.35. The van der Waals surface area contributed by atoms with Crippen molar-refractivity contribution >= 4 is 12.7 Å². The summed E-state index contributed by atoms with van der Waals surface area (Å²) in [5, 5.41) is 0. The molecule has 0 bridgehead atoms. The molecule has 0 saturated carbocycles. The maximum absolute atomic E-state index is 15.5. The quantitative estimate of drug-likeness (QED) is 0.682. The Morgan fingerprint density at radius 3 is 2.15 bits per heavy atom. The molecular formula is C19H28BFO5. The van der Waals surface area contributed by atoms with E-state index in [1.807, 2.05) is 27.7 Å². The van der Waals surface area contributed by atoms with Crippen molar-refractivity contribution in [2.24, 2.45) is 0 Å². The highest BCUT2D eigenvalue weighted by atomic mass is 19.1. The van der Waals surface area contributed by atoms with E-state index in [2.05, 4.69) is 0 Å². The second-order valence-electron chi connectivity index (χ2n) is 7.20. The van der Waals surface area contributed by atoms with Crippen molar-refractivity contribution in [1.82, 2.24) is 0 Å². The molecule has 1 heterocycles. The second-order valence-corrected chi connectivity index (χ2v) is 7.20. The van der Waals surface area contributed by atoms with Crippen LogP contribution in [0.1, 0.15) is 39.7 Å². The lowest BCUT2D eigenvalue weighted by molar-refractivity contribution is 0.00578. The maximum atomic E-state index is 15.5.